The first-order valence-electron chi connectivity index (χ1n) is 5.85. The summed E-state index contributed by atoms with van der Waals surface area (Å²) in [7, 11) is 0. The number of nitrogen functional groups attached to an aromatic ring is 1. The fourth-order valence-electron chi connectivity index (χ4n) is 1.61. The zero-order valence-corrected chi connectivity index (χ0v) is 10.4. The third-order valence-electron chi connectivity index (χ3n) is 2.52. The molecular weight excluding hydrogens is 279 g/mol. The van der Waals surface area contributed by atoms with E-state index >= 15 is 0 Å². The van der Waals surface area contributed by atoms with Gasteiger partial charge in [0.2, 0.25) is 5.82 Å². The van der Waals surface area contributed by atoms with E-state index in [4.69, 9.17) is 15.3 Å². The Morgan fingerprint density at radius 1 is 1.30 bits per heavy atom. The Kier molecular flexibility index (Phi) is 4.57. The first-order chi connectivity index (χ1) is 9.49. The molecule has 2 rings (SSSR count). The molecule has 0 spiro atoms. The molecule has 1 saturated heterocycles. The predicted octanol–water partition coefficient (Wildman–Crippen LogP) is 0.608. The molecule has 0 aliphatic carbocycles. The minimum Gasteiger partial charge on any atom is -0.376 e. The Hall–Kier alpha value is -1.65. The maximum absolute atomic E-state index is 12.6. The lowest BCUT2D eigenvalue weighted by molar-refractivity contribution is -0.144. The summed E-state index contributed by atoms with van der Waals surface area (Å²) in [6.45, 7) is 1.63. The number of hydrogen-bond donors (Lipinski definition) is 3. The standard InChI is InChI=1S/C10H14F3N5O2/c11-10(12,13)9-16-7(3-8(17-9)18-14)15-4-6-5-19-1-2-20-6/h3,6H,1-2,4-5,14H2,(H2,15,16,17,18). The SMILES string of the molecule is NNc1cc(NCC2COCCO2)nc(C(F)(F)F)n1. The van der Waals surface area contributed by atoms with Crippen molar-refractivity contribution in [2.75, 3.05) is 37.1 Å². The van der Waals surface area contributed by atoms with Crippen LogP contribution in [0.15, 0.2) is 6.07 Å². The van der Waals surface area contributed by atoms with E-state index in [9.17, 15) is 13.2 Å². The fraction of sp³-hybridized carbons (Fsp3) is 0.600. The van der Waals surface area contributed by atoms with Crippen LogP contribution in [0.2, 0.25) is 0 Å². The Morgan fingerprint density at radius 3 is 2.65 bits per heavy atom. The van der Waals surface area contributed by atoms with Crippen molar-refractivity contribution in [1.29, 1.82) is 0 Å². The zero-order chi connectivity index (χ0) is 14.6. The highest BCUT2D eigenvalue weighted by molar-refractivity contribution is 5.47. The van der Waals surface area contributed by atoms with Crippen molar-refractivity contribution in [3.63, 3.8) is 0 Å². The molecule has 1 unspecified atom stereocenters. The van der Waals surface area contributed by atoms with Gasteiger partial charge in [0.15, 0.2) is 0 Å². The summed E-state index contributed by atoms with van der Waals surface area (Å²) in [5, 5.41) is 2.75. The maximum atomic E-state index is 12.6. The van der Waals surface area contributed by atoms with E-state index in [1.165, 1.54) is 6.07 Å². The molecule has 0 saturated carbocycles. The summed E-state index contributed by atoms with van der Waals surface area (Å²) in [4.78, 5) is 6.65. The molecule has 0 aromatic carbocycles. The molecule has 0 amide bonds. The number of nitrogens with one attached hydrogen (secondary N) is 2. The van der Waals surface area contributed by atoms with Gasteiger partial charge in [-0.2, -0.15) is 13.2 Å². The van der Waals surface area contributed by atoms with Crippen LogP contribution in [0.5, 0.6) is 0 Å². The average molecular weight is 293 g/mol. The van der Waals surface area contributed by atoms with Gasteiger partial charge in [0.05, 0.1) is 25.9 Å². The lowest BCUT2D eigenvalue weighted by atomic mass is 10.3. The minimum atomic E-state index is -4.65. The van der Waals surface area contributed by atoms with Crippen LogP contribution in [0.4, 0.5) is 24.8 Å². The van der Waals surface area contributed by atoms with Gasteiger partial charge in [0, 0.05) is 12.6 Å². The van der Waals surface area contributed by atoms with Gasteiger partial charge in [0.25, 0.3) is 0 Å². The highest BCUT2D eigenvalue weighted by Gasteiger charge is 2.35. The number of hydrazine groups is 1. The quantitative estimate of drug-likeness (QED) is 0.553. The number of nitrogens with two attached hydrogens (primary N) is 1. The van der Waals surface area contributed by atoms with Crippen LogP contribution in [-0.2, 0) is 15.7 Å². The summed E-state index contributed by atoms with van der Waals surface area (Å²) >= 11 is 0. The summed E-state index contributed by atoms with van der Waals surface area (Å²) in [5.41, 5.74) is 2.07. The van der Waals surface area contributed by atoms with Crippen molar-refractivity contribution < 1.29 is 22.6 Å². The lowest BCUT2D eigenvalue weighted by Crippen LogP contribution is -2.34. The van der Waals surface area contributed by atoms with E-state index in [0.29, 0.717) is 19.8 Å². The van der Waals surface area contributed by atoms with Crippen molar-refractivity contribution >= 4 is 11.6 Å². The predicted molar refractivity (Wildman–Crippen MR) is 63.9 cm³/mol. The van der Waals surface area contributed by atoms with Gasteiger partial charge in [-0.3, -0.25) is 0 Å². The van der Waals surface area contributed by atoms with Gasteiger partial charge < -0.3 is 20.2 Å². The Labute approximate surface area is 112 Å². The Morgan fingerprint density at radius 2 is 2.05 bits per heavy atom. The molecule has 1 aromatic rings. The van der Waals surface area contributed by atoms with Gasteiger partial charge in [-0.25, -0.2) is 15.8 Å². The summed E-state index contributed by atoms with van der Waals surface area (Å²) in [6.07, 6.45) is -4.88. The number of ether oxygens (including phenoxy) is 2. The highest BCUT2D eigenvalue weighted by atomic mass is 19.4. The molecule has 2 heterocycles. The smallest absolute Gasteiger partial charge is 0.376 e. The van der Waals surface area contributed by atoms with Gasteiger partial charge in [-0.1, -0.05) is 0 Å². The van der Waals surface area contributed by atoms with Gasteiger partial charge >= 0.3 is 6.18 Å². The summed E-state index contributed by atoms with van der Waals surface area (Å²) < 4.78 is 48.4. The van der Waals surface area contributed by atoms with E-state index in [-0.39, 0.29) is 24.3 Å². The Bertz CT molecular complexity index is 451. The molecule has 1 fully saturated rings. The lowest BCUT2D eigenvalue weighted by Gasteiger charge is -2.23. The second kappa shape index (κ2) is 6.20. The molecule has 4 N–H and O–H groups in total. The second-order valence-corrected chi connectivity index (χ2v) is 4.05. The largest absolute Gasteiger partial charge is 0.451 e. The molecule has 20 heavy (non-hydrogen) atoms. The third-order valence-corrected chi connectivity index (χ3v) is 2.52. The normalized spacial score (nSPS) is 19.7. The van der Waals surface area contributed by atoms with Crippen LogP contribution in [0.1, 0.15) is 5.82 Å². The van der Waals surface area contributed by atoms with Crippen molar-refractivity contribution in [1.82, 2.24) is 9.97 Å². The molecule has 0 bridgehead atoms. The Balaban J connectivity index is 2.06. The molecular formula is C10H14F3N5O2. The zero-order valence-electron chi connectivity index (χ0n) is 10.4. The number of rotatable bonds is 4. The van der Waals surface area contributed by atoms with Crippen LogP contribution >= 0.6 is 0 Å². The number of alkyl halides is 3. The minimum absolute atomic E-state index is 0.00875. The van der Waals surface area contributed by atoms with Crippen molar-refractivity contribution in [3.05, 3.63) is 11.9 Å². The van der Waals surface area contributed by atoms with E-state index in [1.54, 1.807) is 0 Å². The second-order valence-electron chi connectivity index (χ2n) is 4.05. The topological polar surface area (TPSA) is 94.3 Å². The molecule has 7 nitrogen and oxygen atoms in total. The van der Waals surface area contributed by atoms with Crippen molar-refractivity contribution in [2.24, 2.45) is 5.84 Å². The highest BCUT2D eigenvalue weighted by Crippen LogP contribution is 2.28. The first-order valence-corrected chi connectivity index (χ1v) is 5.85. The van der Waals surface area contributed by atoms with E-state index in [0.717, 1.165) is 0 Å². The van der Waals surface area contributed by atoms with Gasteiger partial charge in [-0.05, 0) is 0 Å². The molecule has 10 heteroatoms. The van der Waals surface area contributed by atoms with Crippen LogP contribution in [0, 0.1) is 0 Å². The fourth-order valence-corrected chi connectivity index (χ4v) is 1.61. The number of aromatic nitrogens is 2. The van der Waals surface area contributed by atoms with Crippen molar-refractivity contribution in [3.8, 4) is 0 Å². The van der Waals surface area contributed by atoms with Crippen LogP contribution in [0.3, 0.4) is 0 Å². The molecule has 1 aliphatic heterocycles. The molecule has 1 aromatic heterocycles. The number of nitrogens with zero attached hydrogens (tertiary/aromatic N) is 2. The maximum Gasteiger partial charge on any atom is 0.451 e. The van der Waals surface area contributed by atoms with Crippen molar-refractivity contribution in [2.45, 2.75) is 12.3 Å². The van der Waals surface area contributed by atoms with Crippen LogP contribution in [-0.4, -0.2) is 42.4 Å². The number of halogens is 3. The summed E-state index contributed by atoms with van der Waals surface area (Å²) in [6, 6.07) is 1.28. The van der Waals surface area contributed by atoms with E-state index < -0.39 is 12.0 Å². The molecule has 112 valence electrons. The van der Waals surface area contributed by atoms with E-state index in [2.05, 4.69) is 20.7 Å². The van der Waals surface area contributed by atoms with Gasteiger partial charge in [-0.15, -0.1) is 0 Å². The molecule has 1 atom stereocenters. The third kappa shape index (κ3) is 3.92. The monoisotopic (exact) mass is 293 g/mol. The number of hydrogen-bond acceptors (Lipinski definition) is 7. The summed E-state index contributed by atoms with van der Waals surface area (Å²) in [5.74, 6) is 3.70. The van der Waals surface area contributed by atoms with E-state index in [1.807, 2.05) is 0 Å². The van der Waals surface area contributed by atoms with Crippen LogP contribution < -0.4 is 16.6 Å². The van der Waals surface area contributed by atoms with Crippen LogP contribution in [0.25, 0.3) is 0 Å². The van der Waals surface area contributed by atoms with Gasteiger partial charge in [0.1, 0.15) is 11.6 Å². The average Bonchev–Trinajstić information content (AvgIpc) is 2.45. The molecule has 1 aliphatic rings. The number of anilines is 2. The molecule has 0 radical (unpaired) electrons. The first kappa shape index (κ1) is 14.8.